The molecule has 0 N–H and O–H groups in total. The Morgan fingerprint density at radius 1 is 1.39 bits per heavy atom. The first-order valence-corrected chi connectivity index (χ1v) is 6.85. The van der Waals surface area contributed by atoms with Crippen molar-refractivity contribution in [2.24, 2.45) is 23.7 Å². The highest BCUT2D eigenvalue weighted by Gasteiger charge is 2.61. The average Bonchev–Trinajstić information content (AvgIpc) is 2.30. The molecule has 4 saturated carbocycles. The molecule has 0 saturated heterocycles. The van der Waals surface area contributed by atoms with E-state index in [9.17, 15) is 9.59 Å². The molecule has 4 bridgehead atoms. The van der Waals surface area contributed by atoms with Gasteiger partial charge in [-0.2, -0.15) is 0 Å². The first-order valence-electron chi connectivity index (χ1n) is 6.85. The Morgan fingerprint density at radius 3 is 2.78 bits per heavy atom. The molecule has 0 radical (unpaired) electrons. The van der Waals surface area contributed by atoms with Crippen molar-refractivity contribution in [1.82, 2.24) is 0 Å². The van der Waals surface area contributed by atoms with Gasteiger partial charge >= 0.3 is 5.97 Å². The quantitative estimate of drug-likeness (QED) is 0.557. The highest BCUT2D eigenvalue weighted by Crippen LogP contribution is 2.58. The number of hydrogen-bond acceptors (Lipinski definition) is 3. The van der Waals surface area contributed by atoms with Crippen molar-refractivity contribution in [2.45, 2.75) is 45.1 Å². The lowest BCUT2D eigenvalue weighted by Gasteiger charge is -2.58. The van der Waals surface area contributed by atoms with Crippen molar-refractivity contribution in [3.63, 3.8) is 0 Å². The van der Waals surface area contributed by atoms with Crippen molar-refractivity contribution < 1.29 is 14.3 Å². The number of ketones is 1. The van der Waals surface area contributed by atoms with Gasteiger partial charge in [-0.15, -0.1) is 0 Å². The molecular weight excluding hydrogens is 228 g/mol. The Balaban J connectivity index is 1.90. The predicted octanol–water partition coefficient (Wildman–Crippen LogP) is 2.50. The molecule has 4 rings (SSSR count). The van der Waals surface area contributed by atoms with Crippen LogP contribution >= 0.6 is 0 Å². The summed E-state index contributed by atoms with van der Waals surface area (Å²) in [6, 6.07) is 0. The maximum absolute atomic E-state index is 12.2. The maximum atomic E-state index is 12.2. The van der Waals surface area contributed by atoms with E-state index in [-0.39, 0.29) is 29.3 Å². The van der Waals surface area contributed by atoms with Crippen molar-refractivity contribution in [3.05, 3.63) is 12.2 Å². The van der Waals surface area contributed by atoms with E-state index in [0.29, 0.717) is 17.3 Å². The van der Waals surface area contributed by atoms with Crippen molar-refractivity contribution in [3.8, 4) is 0 Å². The summed E-state index contributed by atoms with van der Waals surface area (Å²) < 4.78 is 5.78. The van der Waals surface area contributed by atoms with E-state index in [2.05, 4.69) is 13.5 Å². The molecule has 0 aliphatic heterocycles. The van der Waals surface area contributed by atoms with Crippen LogP contribution in [-0.4, -0.2) is 17.4 Å². The van der Waals surface area contributed by atoms with E-state index >= 15 is 0 Å². The smallest absolute Gasteiger partial charge is 0.333 e. The first-order chi connectivity index (χ1) is 8.43. The largest absolute Gasteiger partial charge is 0.455 e. The van der Waals surface area contributed by atoms with Crippen LogP contribution in [-0.2, 0) is 14.3 Å². The molecule has 4 fully saturated rings. The Morgan fingerprint density at radius 2 is 2.11 bits per heavy atom. The topological polar surface area (TPSA) is 43.4 Å². The lowest BCUT2D eigenvalue weighted by molar-refractivity contribution is -0.201. The summed E-state index contributed by atoms with van der Waals surface area (Å²) in [6.07, 6.45) is 3.68. The molecule has 3 heteroatoms. The molecule has 0 aromatic heterocycles. The second-order valence-electron chi connectivity index (χ2n) is 6.47. The minimum atomic E-state index is -0.388. The van der Waals surface area contributed by atoms with Gasteiger partial charge in [0.25, 0.3) is 0 Å². The molecule has 18 heavy (non-hydrogen) atoms. The zero-order valence-electron chi connectivity index (χ0n) is 11.1. The summed E-state index contributed by atoms with van der Waals surface area (Å²) in [5, 5.41) is 0. The number of carbonyl (C=O) groups is 2. The standard InChI is InChI=1S/C15H20O3/c1-8(2)14(17)18-15-6-10-4-11(7-15)13(16)12(5-10)9(15)3/h9-12H,1,4-7H2,2-3H3. The van der Waals surface area contributed by atoms with Gasteiger partial charge in [0, 0.05) is 23.3 Å². The van der Waals surface area contributed by atoms with Gasteiger partial charge in [0.1, 0.15) is 11.4 Å². The molecule has 3 nitrogen and oxygen atoms in total. The number of hydrogen-bond donors (Lipinski definition) is 0. The second-order valence-corrected chi connectivity index (χ2v) is 6.47. The lowest BCUT2D eigenvalue weighted by Crippen LogP contribution is -2.62. The Hall–Kier alpha value is -1.12. The number of esters is 1. The molecule has 4 aliphatic carbocycles. The Labute approximate surface area is 108 Å². The number of rotatable bonds is 2. The third-order valence-corrected chi connectivity index (χ3v) is 5.28. The Kier molecular flexibility index (Phi) is 2.45. The normalized spacial score (nSPS) is 45.1. The molecule has 0 aromatic carbocycles. The highest BCUT2D eigenvalue weighted by molar-refractivity contribution is 5.89. The number of carbonyl (C=O) groups excluding carboxylic acids is 2. The fourth-order valence-electron chi connectivity index (χ4n) is 4.37. The first kappa shape index (κ1) is 11.9. The van der Waals surface area contributed by atoms with Crippen LogP contribution in [0.15, 0.2) is 12.2 Å². The predicted molar refractivity (Wildman–Crippen MR) is 66.7 cm³/mol. The number of ether oxygens (including phenoxy) is 1. The van der Waals surface area contributed by atoms with E-state index < -0.39 is 0 Å². The summed E-state index contributed by atoms with van der Waals surface area (Å²) in [4.78, 5) is 24.0. The van der Waals surface area contributed by atoms with Crippen molar-refractivity contribution in [1.29, 1.82) is 0 Å². The van der Waals surface area contributed by atoms with Crippen LogP contribution in [0.5, 0.6) is 0 Å². The highest BCUT2D eigenvalue weighted by atomic mass is 16.6. The van der Waals surface area contributed by atoms with Gasteiger partial charge in [0.2, 0.25) is 0 Å². The Bertz CT molecular complexity index is 439. The van der Waals surface area contributed by atoms with E-state index in [0.717, 1.165) is 25.7 Å². The van der Waals surface area contributed by atoms with Crippen LogP contribution in [0.4, 0.5) is 0 Å². The summed E-state index contributed by atoms with van der Waals surface area (Å²) in [5.74, 6) is 1.11. The fraction of sp³-hybridized carbons (Fsp3) is 0.733. The van der Waals surface area contributed by atoms with Gasteiger partial charge in [-0.25, -0.2) is 4.79 Å². The molecule has 5 atom stereocenters. The fourth-order valence-corrected chi connectivity index (χ4v) is 4.37. The summed E-state index contributed by atoms with van der Waals surface area (Å²) in [7, 11) is 0. The van der Waals surface area contributed by atoms with Gasteiger partial charge in [0.15, 0.2) is 0 Å². The molecule has 0 aromatic rings. The molecule has 98 valence electrons. The van der Waals surface area contributed by atoms with Crippen LogP contribution in [0.1, 0.15) is 39.5 Å². The third-order valence-electron chi connectivity index (χ3n) is 5.28. The van der Waals surface area contributed by atoms with Gasteiger partial charge in [0.05, 0.1) is 0 Å². The van der Waals surface area contributed by atoms with Crippen LogP contribution < -0.4 is 0 Å². The molecule has 0 heterocycles. The molecule has 0 amide bonds. The second kappa shape index (κ2) is 3.69. The van der Waals surface area contributed by atoms with Crippen LogP contribution in [0.3, 0.4) is 0 Å². The maximum Gasteiger partial charge on any atom is 0.333 e. The third kappa shape index (κ3) is 1.49. The molecular formula is C15H20O3. The number of Topliss-reactive ketones (excluding diaryl/α,β-unsaturated/α-hetero) is 1. The molecule has 5 unspecified atom stereocenters. The minimum Gasteiger partial charge on any atom is -0.455 e. The van der Waals surface area contributed by atoms with Crippen molar-refractivity contribution in [2.75, 3.05) is 0 Å². The van der Waals surface area contributed by atoms with E-state index in [1.165, 1.54) is 0 Å². The van der Waals surface area contributed by atoms with Crippen LogP contribution in [0, 0.1) is 23.7 Å². The zero-order valence-corrected chi connectivity index (χ0v) is 11.1. The summed E-state index contributed by atoms with van der Waals surface area (Å²) in [5.41, 5.74) is 0.0600. The SMILES string of the molecule is C=C(C)C(=O)OC12CC3CC(C1)C(=O)C(C3)C2C. The van der Waals surface area contributed by atoms with Gasteiger partial charge in [-0.1, -0.05) is 13.5 Å². The monoisotopic (exact) mass is 248 g/mol. The molecule has 0 spiro atoms. The summed E-state index contributed by atoms with van der Waals surface area (Å²) >= 11 is 0. The van der Waals surface area contributed by atoms with Gasteiger partial charge in [-0.3, -0.25) is 4.79 Å². The van der Waals surface area contributed by atoms with Crippen LogP contribution in [0.2, 0.25) is 0 Å². The summed E-state index contributed by atoms with van der Waals surface area (Å²) in [6.45, 7) is 7.41. The van der Waals surface area contributed by atoms with E-state index in [1.54, 1.807) is 6.92 Å². The average molecular weight is 248 g/mol. The minimum absolute atomic E-state index is 0.120. The van der Waals surface area contributed by atoms with Crippen molar-refractivity contribution >= 4 is 11.8 Å². The lowest BCUT2D eigenvalue weighted by atomic mass is 9.49. The van der Waals surface area contributed by atoms with Gasteiger partial charge < -0.3 is 4.74 Å². The zero-order chi connectivity index (χ0) is 13.1. The van der Waals surface area contributed by atoms with E-state index in [4.69, 9.17) is 4.74 Å². The van der Waals surface area contributed by atoms with Crippen LogP contribution in [0.25, 0.3) is 0 Å². The van der Waals surface area contributed by atoms with Gasteiger partial charge in [-0.05, 0) is 38.5 Å². The van der Waals surface area contributed by atoms with E-state index in [1.807, 2.05) is 0 Å². The molecule has 4 aliphatic rings.